The first kappa shape index (κ1) is 23.0. The summed E-state index contributed by atoms with van der Waals surface area (Å²) in [6.07, 6.45) is 1.57. The van der Waals surface area contributed by atoms with Crippen molar-refractivity contribution in [1.82, 2.24) is 19.7 Å². The fourth-order valence-electron chi connectivity index (χ4n) is 3.24. The van der Waals surface area contributed by atoms with E-state index >= 15 is 0 Å². The number of rotatable bonds is 8. The molecule has 8 nitrogen and oxygen atoms in total. The molecule has 4 aromatic rings. The minimum Gasteiger partial charge on any atom is -0.438 e. The number of carbonyl (C=O) groups excluding carboxylic acids is 1. The summed E-state index contributed by atoms with van der Waals surface area (Å²) in [4.78, 5) is 16.7. The van der Waals surface area contributed by atoms with Crippen molar-refractivity contribution in [2.45, 2.75) is 25.5 Å². The summed E-state index contributed by atoms with van der Waals surface area (Å²) in [6.45, 7) is 4.42. The minimum absolute atomic E-state index is 0.148. The molecular formula is C25H22N6O2S. The van der Waals surface area contributed by atoms with Gasteiger partial charge in [0.05, 0.1) is 12.3 Å². The van der Waals surface area contributed by atoms with E-state index < -0.39 is 0 Å². The summed E-state index contributed by atoms with van der Waals surface area (Å²) in [7, 11) is 0. The summed E-state index contributed by atoms with van der Waals surface area (Å²) in [5.74, 6) is 1.62. The molecule has 170 valence electrons. The van der Waals surface area contributed by atoms with Crippen LogP contribution in [0.2, 0.25) is 0 Å². The van der Waals surface area contributed by atoms with Crippen LogP contribution in [-0.4, -0.2) is 31.4 Å². The zero-order valence-corrected chi connectivity index (χ0v) is 19.5. The molecule has 0 unspecified atom stereocenters. The number of anilines is 1. The Labute approximate surface area is 201 Å². The van der Waals surface area contributed by atoms with E-state index in [0.29, 0.717) is 28.7 Å². The summed E-state index contributed by atoms with van der Waals surface area (Å²) in [5.41, 5.74) is 3.00. The normalized spacial score (nSPS) is 10.5. The van der Waals surface area contributed by atoms with Crippen LogP contribution in [0.1, 0.15) is 22.5 Å². The van der Waals surface area contributed by atoms with Crippen LogP contribution >= 0.6 is 11.8 Å². The number of thioether (sulfide) groups is 1. The number of hydrogen-bond acceptors (Lipinski definition) is 7. The number of nitrogens with one attached hydrogen (secondary N) is 1. The molecule has 0 aliphatic carbocycles. The van der Waals surface area contributed by atoms with E-state index in [0.717, 1.165) is 17.0 Å². The number of hydrogen-bond donors (Lipinski definition) is 1. The Morgan fingerprint density at radius 2 is 1.94 bits per heavy atom. The average molecular weight is 471 g/mol. The van der Waals surface area contributed by atoms with E-state index in [2.05, 4.69) is 26.6 Å². The number of pyridine rings is 1. The van der Waals surface area contributed by atoms with Gasteiger partial charge < -0.3 is 14.6 Å². The van der Waals surface area contributed by atoms with Gasteiger partial charge in [0.2, 0.25) is 11.8 Å². The lowest BCUT2D eigenvalue weighted by Crippen LogP contribution is -2.15. The van der Waals surface area contributed by atoms with Gasteiger partial charge in [-0.15, -0.1) is 10.2 Å². The molecule has 0 spiro atoms. The quantitative estimate of drug-likeness (QED) is 0.371. The van der Waals surface area contributed by atoms with Gasteiger partial charge in [-0.05, 0) is 55.3 Å². The van der Waals surface area contributed by atoms with Gasteiger partial charge in [0.25, 0.3) is 0 Å². The zero-order chi connectivity index (χ0) is 23.9. The second kappa shape index (κ2) is 10.6. The minimum atomic E-state index is -0.148. The van der Waals surface area contributed by atoms with Gasteiger partial charge in [-0.3, -0.25) is 4.79 Å². The Kier molecular flexibility index (Phi) is 7.20. The van der Waals surface area contributed by atoms with Gasteiger partial charge in [-0.1, -0.05) is 42.1 Å². The second-order valence-electron chi connectivity index (χ2n) is 7.49. The van der Waals surface area contributed by atoms with Crippen LogP contribution in [0.4, 0.5) is 5.69 Å². The number of amides is 1. The van der Waals surface area contributed by atoms with E-state index in [9.17, 15) is 10.1 Å². The molecule has 0 fully saturated rings. The van der Waals surface area contributed by atoms with E-state index in [-0.39, 0.29) is 17.5 Å². The lowest BCUT2D eigenvalue weighted by molar-refractivity contribution is -0.113. The van der Waals surface area contributed by atoms with Crippen LogP contribution in [0, 0.1) is 25.2 Å². The molecule has 0 aliphatic heterocycles. The fourth-order valence-corrected chi connectivity index (χ4v) is 4.02. The van der Waals surface area contributed by atoms with E-state index in [4.69, 9.17) is 4.74 Å². The summed E-state index contributed by atoms with van der Waals surface area (Å²) in [6, 6.07) is 20.7. The molecule has 2 heterocycles. The van der Waals surface area contributed by atoms with Crippen LogP contribution in [0.3, 0.4) is 0 Å². The Morgan fingerprint density at radius 1 is 1.12 bits per heavy atom. The van der Waals surface area contributed by atoms with Crippen molar-refractivity contribution in [3.05, 3.63) is 89.4 Å². The number of nitrogens with zero attached hydrogens (tertiary/aromatic N) is 5. The van der Waals surface area contributed by atoms with Gasteiger partial charge in [0.15, 0.2) is 5.16 Å². The highest BCUT2D eigenvalue weighted by atomic mass is 32.2. The lowest BCUT2D eigenvalue weighted by Gasteiger charge is -2.12. The van der Waals surface area contributed by atoms with Crippen LogP contribution in [0.25, 0.3) is 0 Å². The zero-order valence-electron chi connectivity index (χ0n) is 18.7. The fraction of sp³-hybridized carbons (Fsp3) is 0.160. The van der Waals surface area contributed by atoms with Crippen molar-refractivity contribution in [3.63, 3.8) is 0 Å². The number of ether oxygens (including phenoxy) is 1. The molecule has 9 heteroatoms. The molecule has 1 amide bonds. The third-order valence-corrected chi connectivity index (χ3v) is 5.96. The highest BCUT2D eigenvalue weighted by Crippen LogP contribution is 2.27. The number of aryl methyl sites for hydroxylation is 2. The number of nitriles is 1. The number of carbonyl (C=O) groups is 1. The summed E-state index contributed by atoms with van der Waals surface area (Å²) in [5, 5.41) is 21.2. The van der Waals surface area contributed by atoms with E-state index in [1.54, 1.807) is 36.5 Å². The van der Waals surface area contributed by atoms with Gasteiger partial charge in [0, 0.05) is 11.9 Å². The molecule has 0 radical (unpaired) electrons. The van der Waals surface area contributed by atoms with Crippen molar-refractivity contribution >= 4 is 23.4 Å². The first-order valence-electron chi connectivity index (χ1n) is 10.5. The molecule has 2 aromatic heterocycles. The van der Waals surface area contributed by atoms with Crippen molar-refractivity contribution in [3.8, 4) is 17.7 Å². The summed E-state index contributed by atoms with van der Waals surface area (Å²) >= 11 is 1.34. The van der Waals surface area contributed by atoms with Crippen molar-refractivity contribution < 1.29 is 9.53 Å². The predicted molar refractivity (Wildman–Crippen MR) is 130 cm³/mol. The SMILES string of the molecule is Cc1cc(Oc2ncccc2C#N)ccc1NC(=O)CSc1nnc(C)n1Cc1ccccc1. The second-order valence-corrected chi connectivity index (χ2v) is 8.43. The van der Waals surface area contributed by atoms with Crippen molar-refractivity contribution in [2.24, 2.45) is 0 Å². The third-order valence-electron chi connectivity index (χ3n) is 5.00. The van der Waals surface area contributed by atoms with E-state index in [1.807, 2.05) is 48.7 Å². The molecule has 2 aromatic carbocycles. The maximum absolute atomic E-state index is 12.6. The first-order chi connectivity index (χ1) is 16.5. The largest absolute Gasteiger partial charge is 0.438 e. The predicted octanol–water partition coefficient (Wildman–Crippen LogP) is 4.73. The van der Waals surface area contributed by atoms with Gasteiger partial charge in [0.1, 0.15) is 23.2 Å². The molecule has 34 heavy (non-hydrogen) atoms. The number of aromatic nitrogens is 4. The molecular weight excluding hydrogens is 448 g/mol. The Bertz CT molecular complexity index is 1350. The van der Waals surface area contributed by atoms with Gasteiger partial charge >= 0.3 is 0 Å². The third kappa shape index (κ3) is 5.60. The van der Waals surface area contributed by atoms with Crippen LogP contribution < -0.4 is 10.1 Å². The van der Waals surface area contributed by atoms with Gasteiger partial charge in [-0.25, -0.2) is 4.98 Å². The average Bonchev–Trinajstić information content (AvgIpc) is 3.19. The van der Waals surface area contributed by atoms with Crippen molar-refractivity contribution in [1.29, 1.82) is 5.26 Å². The Morgan fingerprint density at radius 3 is 2.71 bits per heavy atom. The van der Waals surface area contributed by atoms with Crippen LogP contribution in [0.5, 0.6) is 11.6 Å². The Hall–Kier alpha value is -4.16. The Balaban J connectivity index is 1.37. The molecule has 1 N–H and O–H groups in total. The maximum Gasteiger partial charge on any atom is 0.237 e. The topological polar surface area (TPSA) is 106 Å². The smallest absolute Gasteiger partial charge is 0.237 e. The van der Waals surface area contributed by atoms with E-state index in [1.165, 1.54) is 11.8 Å². The molecule has 0 saturated heterocycles. The maximum atomic E-state index is 12.6. The highest BCUT2D eigenvalue weighted by molar-refractivity contribution is 7.99. The highest BCUT2D eigenvalue weighted by Gasteiger charge is 2.14. The van der Waals surface area contributed by atoms with Crippen molar-refractivity contribution in [2.75, 3.05) is 11.1 Å². The molecule has 0 bridgehead atoms. The first-order valence-corrected chi connectivity index (χ1v) is 11.5. The lowest BCUT2D eigenvalue weighted by atomic mass is 10.2. The van der Waals surface area contributed by atoms with Crippen LogP contribution in [-0.2, 0) is 11.3 Å². The van der Waals surface area contributed by atoms with Gasteiger partial charge in [-0.2, -0.15) is 5.26 Å². The number of benzene rings is 2. The molecule has 0 aliphatic rings. The molecule has 0 saturated carbocycles. The van der Waals surface area contributed by atoms with Crippen LogP contribution in [0.15, 0.2) is 72.0 Å². The molecule has 0 atom stereocenters. The monoisotopic (exact) mass is 470 g/mol. The molecule has 4 rings (SSSR count). The standard InChI is InChI=1S/C25H22N6O2S/c1-17-13-21(33-24-20(14-26)9-6-12-27-24)10-11-22(17)28-23(32)16-34-25-30-29-18(2)31(25)15-19-7-4-3-5-8-19/h3-13H,15-16H2,1-2H3,(H,28,32). The summed E-state index contributed by atoms with van der Waals surface area (Å²) < 4.78 is 7.74.